The molecule has 0 fully saturated rings. The van der Waals surface area contributed by atoms with Crippen molar-refractivity contribution in [1.82, 2.24) is 15.6 Å². The fourth-order valence-corrected chi connectivity index (χ4v) is 2.40. The summed E-state index contributed by atoms with van der Waals surface area (Å²) >= 11 is 0. The topological polar surface area (TPSA) is 96.3 Å². The number of carbonyl (C=O) groups excluding carboxylic acids is 1. The first-order valence-corrected chi connectivity index (χ1v) is 8.34. The SMILES string of the molecule is COc1ccc(C(C)NC(=O)/C(C#N)=C\NCc2cccnc2)cc1OC. The zero-order valence-electron chi connectivity index (χ0n) is 15.5. The van der Waals surface area contributed by atoms with E-state index in [9.17, 15) is 10.1 Å². The molecule has 27 heavy (non-hydrogen) atoms. The van der Waals surface area contributed by atoms with Gasteiger partial charge in [0.15, 0.2) is 11.5 Å². The lowest BCUT2D eigenvalue weighted by molar-refractivity contribution is -0.117. The van der Waals surface area contributed by atoms with Crippen molar-refractivity contribution in [2.24, 2.45) is 0 Å². The van der Waals surface area contributed by atoms with Gasteiger partial charge < -0.3 is 20.1 Å². The van der Waals surface area contributed by atoms with Gasteiger partial charge in [0.2, 0.25) is 0 Å². The number of nitriles is 1. The Morgan fingerprint density at radius 2 is 2.07 bits per heavy atom. The molecule has 0 bridgehead atoms. The average Bonchev–Trinajstić information content (AvgIpc) is 2.71. The number of nitrogens with one attached hydrogen (secondary N) is 2. The number of pyridine rings is 1. The van der Waals surface area contributed by atoms with Gasteiger partial charge in [0.1, 0.15) is 11.6 Å². The van der Waals surface area contributed by atoms with Crippen LogP contribution in [0, 0.1) is 11.3 Å². The predicted octanol–water partition coefficient (Wildman–Crippen LogP) is 2.47. The van der Waals surface area contributed by atoms with Gasteiger partial charge in [0, 0.05) is 25.1 Å². The molecule has 0 saturated carbocycles. The van der Waals surface area contributed by atoms with Gasteiger partial charge in [-0.05, 0) is 36.2 Å². The number of aromatic nitrogens is 1. The smallest absolute Gasteiger partial charge is 0.263 e. The Kier molecular flexibility index (Phi) is 7.20. The van der Waals surface area contributed by atoms with Gasteiger partial charge in [0.25, 0.3) is 5.91 Å². The molecule has 7 nitrogen and oxygen atoms in total. The second-order valence-corrected chi connectivity index (χ2v) is 5.72. The van der Waals surface area contributed by atoms with E-state index in [1.54, 1.807) is 38.7 Å². The molecule has 0 spiro atoms. The minimum atomic E-state index is -0.460. The van der Waals surface area contributed by atoms with Crippen molar-refractivity contribution in [1.29, 1.82) is 5.26 Å². The van der Waals surface area contributed by atoms with Crippen LogP contribution in [0.1, 0.15) is 24.1 Å². The average molecular weight is 366 g/mol. The molecule has 2 rings (SSSR count). The van der Waals surface area contributed by atoms with Crippen LogP contribution < -0.4 is 20.1 Å². The molecule has 0 radical (unpaired) electrons. The van der Waals surface area contributed by atoms with Crippen LogP contribution in [-0.2, 0) is 11.3 Å². The van der Waals surface area contributed by atoms with Crippen LogP contribution in [0.3, 0.4) is 0 Å². The van der Waals surface area contributed by atoms with E-state index in [0.717, 1.165) is 11.1 Å². The predicted molar refractivity (Wildman–Crippen MR) is 101 cm³/mol. The van der Waals surface area contributed by atoms with Crippen LogP contribution in [-0.4, -0.2) is 25.1 Å². The van der Waals surface area contributed by atoms with Gasteiger partial charge in [0.05, 0.1) is 20.3 Å². The Morgan fingerprint density at radius 1 is 1.30 bits per heavy atom. The number of hydrogen-bond donors (Lipinski definition) is 2. The molecule has 140 valence electrons. The van der Waals surface area contributed by atoms with E-state index in [2.05, 4.69) is 15.6 Å². The van der Waals surface area contributed by atoms with E-state index in [1.165, 1.54) is 6.20 Å². The van der Waals surface area contributed by atoms with E-state index in [4.69, 9.17) is 9.47 Å². The number of nitrogens with zero attached hydrogens (tertiary/aromatic N) is 2. The largest absolute Gasteiger partial charge is 0.493 e. The van der Waals surface area contributed by atoms with Crippen LogP contribution in [0.15, 0.2) is 54.5 Å². The minimum absolute atomic E-state index is 0.00813. The molecule has 0 aliphatic rings. The van der Waals surface area contributed by atoms with Gasteiger partial charge >= 0.3 is 0 Å². The summed E-state index contributed by atoms with van der Waals surface area (Å²) in [5, 5.41) is 15.0. The van der Waals surface area contributed by atoms with Gasteiger partial charge in [-0.25, -0.2) is 0 Å². The van der Waals surface area contributed by atoms with Crippen molar-refractivity contribution >= 4 is 5.91 Å². The Hall–Kier alpha value is -3.53. The Morgan fingerprint density at radius 3 is 2.70 bits per heavy atom. The highest BCUT2D eigenvalue weighted by molar-refractivity contribution is 5.97. The van der Waals surface area contributed by atoms with Gasteiger partial charge in [-0.2, -0.15) is 5.26 Å². The third kappa shape index (κ3) is 5.47. The third-order valence-corrected chi connectivity index (χ3v) is 3.90. The molecule has 0 aliphatic carbocycles. The monoisotopic (exact) mass is 366 g/mol. The molecule has 7 heteroatoms. The number of ether oxygens (including phenoxy) is 2. The fourth-order valence-electron chi connectivity index (χ4n) is 2.40. The molecule has 0 saturated heterocycles. The first-order chi connectivity index (χ1) is 13.1. The van der Waals surface area contributed by atoms with Crippen molar-refractivity contribution < 1.29 is 14.3 Å². The van der Waals surface area contributed by atoms with Crippen molar-refractivity contribution in [3.05, 3.63) is 65.6 Å². The number of benzene rings is 1. The number of carbonyl (C=O) groups is 1. The first-order valence-electron chi connectivity index (χ1n) is 8.34. The fraction of sp³-hybridized carbons (Fsp3) is 0.250. The molecular formula is C20H22N4O3. The molecular weight excluding hydrogens is 344 g/mol. The van der Waals surface area contributed by atoms with Crippen molar-refractivity contribution in [2.45, 2.75) is 19.5 Å². The molecule has 1 aromatic carbocycles. The van der Waals surface area contributed by atoms with E-state index in [1.807, 2.05) is 31.2 Å². The van der Waals surface area contributed by atoms with Crippen molar-refractivity contribution in [3.8, 4) is 17.6 Å². The Labute approximate surface area is 158 Å². The second-order valence-electron chi connectivity index (χ2n) is 5.72. The zero-order chi connectivity index (χ0) is 19.6. The first kappa shape index (κ1) is 19.8. The van der Waals surface area contributed by atoms with Crippen LogP contribution in [0.25, 0.3) is 0 Å². The summed E-state index contributed by atoms with van der Waals surface area (Å²) in [6.45, 7) is 2.30. The second kappa shape index (κ2) is 9.82. The highest BCUT2D eigenvalue weighted by Crippen LogP contribution is 2.29. The van der Waals surface area contributed by atoms with Gasteiger partial charge in [-0.3, -0.25) is 9.78 Å². The summed E-state index contributed by atoms with van der Waals surface area (Å²) in [7, 11) is 3.11. The van der Waals surface area contributed by atoms with Crippen LogP contribution in [0.4, 0.5) is 0 Å². The summed E-state index contributed by atoms with van der Waals surface area (Å²) in [6.07, 6.45) is 4.80. The van der Waals surface area contributed by atoms with Gasteiger partial charge in [-0.15, -0.1) is 0 Å². The van der Waals surface area contributed by atoms with E-state index in [-0.39, 0.29) is 11.6 Å². The summed E-state index contributed by atoms with van der Waals surface area (Å²) in [5.74, 6) is 0.723. The number of rotatable bonds is 8. The maximum atomic E-state index is 12.4. The molecule has 1 heterocycles. The summed E-state index contributed by atoms with van der Waals surface area (Å²) in [6, 6.07) is 10.7. The molecule has 1 atom stereocenters. The molecule has 1 unspecified atom stereocenters. The van der Waals surface area contributed by atoms with E-state index in [0.29, 0.717) is 18.0 Å². The van der Waals surface area contributed by atoms with E-state index >= 15 is 0 Å². The molecule has 0 aliphatic heterocycles. The maximum Gasteiger partial charge on any atom is 0.263 e. The summed E-state index contributed by atoms with van der Waals surface area (Å²) in [5.41, 5.74) is 1.78. The minimum Gasteiger partial charge on any atom is -0.493 e. The summed E-state index contributed by atoms with van der Waals surface area (Å²) < 4.78 is 10.5. The zero-order valence-corrected chi connectivity index (χ0v) is 15.5. The van der Waals surface area contributed by atoms with Crippen LogP contribution >= 0.6 is 0 Å². The lowest BCUT2D eigenvalue weighted by Gasteiger charge is -2.16. The number of methoxy groups -OCH3 is 2. The van der Waals surface area contributed by atoms with Crippen molar-refractivity contribution in [2.75, 3.05) is 14.2 Å². The quantitative estimate of drug-likeness (QED) is 0.550. The highest BCUT2D eigenvalue weighted by atomic mass is 16.5. The Bertz CT molecular complexity index is 844. The van der Waals surface area contributed by atoms with Crippen LogP contribution in [0.2, 0.25) is 0 Å². The number of amides is 1. The number of hydrogen-bond acceptors (Lipinski definition) is 6. The van der Waals surface area contributed by atoms with Crippen molar-refractivity contribution in [3.63, 3.8) is 0 Å². The van der Waals surface area contributed by atoms with Crippen LogP contribution in [0.5, 0.6) is 11.5 Å². The standard InChI is InChI=1S/C20H22N4O3/c1-14(16-6-7-18(26-2)19(9-16)27-3)24-20(25)17(10-21)13-23-12-15-5-4-8-22-11-15/h4-9,11,13-14,23H,12H2,1-3H3,(H,24,25)/b17-13-. The lowest BCUT2D eigenvalue weighted by Crippen LogP contribution is -2.28. The molecule has 2 aromatic rings. The third-order valence-electron chi connectivity index (χ3n) is 3.90. The van der Waals surface area contributed by atoms with Gasteiger partial charge in [-0.1, -0.05) is 12.1 Å². The molecule has 1 amide bonds. The lowest BCUT2D eigenvalue weighted by atomic mass is 10.1. The molecule has 1 aromatic heterocycles. The van der Waals surface area contributed by atoms with E-state index < -0.39 is 5.91 Å². The molecule has 2 N–H and O–H groups in total. The Balaban J connectivity index is 2.01. The summed E-state index contributed by atoms with van der Waals surface area (Å²) in [4.78, 5) is 16.4. The highest BCUT2D eigenvalue weighted by Gasteiger charge is 2.15. The normalized spacial score (nSPS) is 11.9. The maximum absolute atomic E-state index is 12.4.